The topological polar surface area (TPSA) is 102 Å². The number of aryl methyl sites for hydroxylation is 2. The van der Waals surface area contributed by atoms with Crippen LogP contribution in [0.3, 0.4) is 0 Å². The molecule has 0 spiro atoms. The number of hydrogen-bond acceptors (Lipinski definition) is 4. The Morgan fingerprint density at radius 2 is 2.00 bits per heavy atom. The monoisotopic (exact) mass is 266 g/mol. The van der Waals surface area contributed by atoms with Gasteiger partial charge in [0.25, 0.3) is 0 Å². The largest absolute Gasteiger partial charge is 0.496 e. The summed E-state index contributed by atoms with van der Waals surface area (Å²) in [6.07, 6.45) is -0.403. The average Bonchev–Trinajstić information content (AvgIpc) is 2.32. The van der Waals surface area contributed by atoms with Crippen LogP contribution in [-0.2, 0) is 9.59 Å². The predicted octanol–water partition coefficient (Wildman–Crippen LogP) is 1.05. The zero-order chi connectivity index (χ0) is 14.6. The summed E-state index contributed by atoms with van der Waals surface area (Å²) in [6.45, 7) is 3.67. The van der Waals surface area contributed by atoms with E-state index >= 15 is 0 Å². The molecule has 0 aliphatic carbocycles. The molecule has 0 fully saturated rings. The molecule has 0 bridgehead atoms. The Balaban J connectivity index is 2.85. The third kappa shape index (κ3) is 3.96. The highest BCUT2D eigenvalue weighted by atomic mass is 16.5. The van der Waals surface area contributed by atoms with E-state index in [0.29, 0.717) is 5.69 Å². The van der Waals surface area contributed by atoms with Crippen LogP contribution in [-0.4, -0.2) is 30.1 Å². The Bertz CT molecular complexity index is 500. The van der Waals surface area contributed by atoms with Gasteiger partial charge in [0.05, 0.1) is 19.6 Å². The number of anilines is 1. The molecular formula is C13H18N2O4. The summed E-state index contributed by atoms with van der Waals surface area (Å²) in [5.41, 5.74) is 7.78. The minimum absolute atomic E-state index is 0.403. The number of carboxylic acids is 1. The predicted molar refractivity (Wildman–Crippen MR) is 71.3 cm³/mol. The molecule has 104 valence electrons. The number of methoxy groups -OCH3 is 1. The third-order valence-electron chi connectivity index (χ3n) is 2.73. The molecule has 6 nitrogen and oxygen atoms in total. The molecule has 1 aromatic rings. The zero-order valence-electron chi connectivity index (χ0n) is 11.2. The van der Waals surface area contributed by atoms with Crippen LogP contribution < -0.4 is 15.8 Å². The molecule has 6 heteroatoms. The Labute approximate surface area is 111 Å². The first kappa shape index (κ1) is 15.0. The van der Waals surface area contributed by atoms with Gasteiger partial charge in [-0.15, -0.1) is 0 Å². The van der Waals surface area contributed by atoms with Crippen LogP contribution in [0, 0.1) is 13.8 Å². The van der Waals surface area contributed by atoms with Crippen molar-refractivity contribution >= 4 is 17.6 Å². The lowest BCUT2D eigenvalue weighted by atomic mass is 10.1. The molecule has 1 atom stereocenters. The van der Waals surface area contributed by atoms with E-state index in [4.69, 9.17) is 15.6 Å². The van der Waals surface area contributed by atoms with Crippen molar-refractivity contribution in [3.8, 4) is 5.75 Å². The molecule has 0 aromatic heterocycles. The summed E-state index contributed by atoms with van der Waals surface area (Å²) in [5, 5.41) is 11.2. The second-order valence-electron chi connectivity index (χ2n) is 4.33. The molecule has 0 heterocycles. The van der Waals surface area contributed by atoms with Gasteiger partial charge in [-0.3, -0.25) is 9.59 Å². The number of ether oxygens (including phenoxy) is 1. The lowest BCUT2D eigenvalue weighted by Crippen LogP contribution is -2.37. The Morgan fingerprint density at radius 1 is 1.37 bits per heavy atom. The van der Waals surface area contributed by atoms with Gasteiger partial charge in [-0.05, 0) is 37.1 Å². The lowest BCUT2D eigenvalue weighted by Gasteiger charge is -2.14. The third-order valence-corrected chi connectivity index (χ3v) is 2.73. The van der Waals surface area contributed by atoms with E-state index in [-0.39, 0.29) is 0 Å². The standard InChI is InChI=1S/C13H18N2O4/c1-7-5-11(19-3)8(2)4-10(7)15-13(18)9(14)6-12(16)17/h4-5,9H,6,14H2,1-3H3,(H,15,18)(H,16,17). The summed E-state index contributed by atoms with van der Waals surface area (Å²) in [7, 11) is 1.57. The maximum atomic E-state index is 11.7. The number of amides is 1. The fourth-order valence-corrected chi connectivity index (χ4v) is 1.65. The van der Waals surface area contributed by atoms with Crippen molar-refractivity contribution in [2.45, 2.75) is 26.3 Å². The normalized spacial score (nSPS) is 11.8. The second kappa shape index (κ2) is 6.19. The smallest absolute Gasteiger partial charge is 0.305 e. The van der Waals surface area contributed by atoms with E-state index in [1.807, 2.05) is 13.8 Å². The van der Waals surface area contributed by atoms with Crippen LogP contribution in [0.5, 0.6) is 5.75 Å². The van der Waals surface area contributed by atoms with Gasteiger partial charge in [0.2, 0.25) is 5.91 Å². The number of carboxylic acid groups (broad SMARTS) is 1. The summed E-state index contributed by atoms with van der Waals surface area (Å²) in [5.74, 6) is -0.898. The molecule has 0 aliphatic rings. The van der Waals surface area contributed by atoms with Crippen molar-refractivity contribution in [3.63, 3.8) is 0 Å². The molecule has 1 amide bonds. The summed E-state index contributed by atoms with van der Waals surface area (Å²) < 4.78 is 5.17. The fraction of sp³-hybridized carbons (Fsp3) is 0.385. The first-order chi connectivity index (χ1) is 8.85. The van der Waals surface area contributed by atoms with Crippen LogP contribution in [0.2, 0.25) is 0 Å². The van der Waals surface area contributed by atoms with E-state index in [9.17, 15) is 9.59 Å². The highest BCUT2D eigenvalue weighted by Crippen LogP contribution is 2.25. The molecule has 0 saturated carbocycles. The van der Waals surface area contributed by atoms with Crippen molar-refractivity contribution in [3.05, 3.63) is 23.3 Å². The van der Waals surface area contributed by atoms with Crippen molar-refractivity contribution in [2.24, 2.45) is 5.73 Å². The molecule has 0 aliphatic heterocycles. The molecule has 1 rings (SSSR count). The minimum atomic E-state index is -1.11. The first-order valence-corrected chi connectivity index (χ1v) is 5.78. The van der Waals surface area contributed by atoms with E-state index < -0.39 is 24.3 Å². The number of rotatable bonds is 5. The Morgan fingerprint density at radius 3 is 2.53 bits per heavy atom. The van der Waals surface area contributed by atoms with Gasteiger partial charge in [0.15, 0.2) is 0 Å². The summed E-state index contributed by atoms with van der Waals surface area (Å²) in [6, 6.07) is 2.49. The van der Waals surface area contributed by atoms with Crippen LogP contribution in [0.4, 0.5) is 5.69 Å². The second-order valence-corrected chi connectivity index (χ2v) is 4.33. The number of nitrogens with two attached hydrogens (primary N) is 1. The zero-order valence-corrected chi connectivity index (χ0v) is 11.2. The molecule has 0 radical (unpaired) electrons. The van der Waals surface area contributed by atoms with Crippen molar-refractivity contribution in [1.29, 1.82) is 0 Å². The quantitative estimate of drug-likeness (QED) is 0.739. The average molecular weight is 266 g/mol. The van der Waals surface area contributed by atoms with Gasteiger partial charge in [-0.2, -0.15) is 0 Å². The fourth-order valence-electron chi connectivity index (χ4n) is 1.65. The number of carbonyl (C=O) groups is 2. The van der Waals surface area contributed by atoms with Gasteiger partial charge in [-0.25, -0.2) is 0 Å². The number of benzene rings is 1. The van der Waals surface area contributed by atoms with E-state index in [1.54, 1.807) is 19.2 Å². The van der Waals surface area contributed by atoms with Gasteiger partial charge >= 0.3 is 5.97 Å². The first-order valence-electron chi connectivity index (χ1n) is 5.78. The lowest BCUT2D eigenvalue weighted by molar-refractivity contribution is -0.138. The highest BCUT2D eigenvalue weighted by molar-refractivity contribution is 5.97. The van der Waals surface area contributed by atoms with Crippen LogP contribution in [0.25, 0.3) is 0 Å². The molecular weight excluding hydrogens is 248 g/mol. The van der Waals surface area contributed by atoms with Gasteiger partial charge in [-0.1, -0.05) is 0 Å². The minimum Gasteiger partial charge on any atom is -0.496 e. The summed E-state index contributed by atoms with van der Waals surface area (Å²) in [4.78, 5) is 22.2. The number of carbonyl (C=O) groups excluding carboxylic acids is 1. The van der Waals surface area contributed by atoms with Crippen molar-refractivity contribution < 1.29 is 19.4 Å². The van der Waals surface area contributed by atoms with Crippen molar-refractivity contribution in [1.82, 2.24) is 0 Å². The van der Waals surface area contributed by atoms with E-state index in [1.165, 1.54) is 0 Å². The number of aliphatic carboxylic acids is 1. The van der Waals surface area contributed by atoms with Gasteiger partial charge < -0.3 is 20.9 Å². The number of nitrogens with one attached hydrogen (secondary N) is 1. The van der Waals surface area contributed by atoms with Crippen LogP contribution >= 0.6 is 0 Å². The molecule has 0 saturated heterocycles. The van der Waals surface area contributed by atoms with Gasteiger partial charge in [0, 0.05) is 5.69 Å². The van der Waals surface area contributed by atoms with Crippen LogP contribution in [0.15, 0.2) is 12.1 Å². The van der Waals surface area contributed by atoms with Gasteiger partial charge in [0.1, 0.15) is 5.75 Å². The molecule has 19 heavy (non-hydrogen) atoms. The maximum absolute atomic E-state index is 11.7. The Kier molecular flexibility index (Phi) is 4.88. The highest BCUT2D eigenvalue weighted by Gasteiger charge is 2.18. The number of hydrogen-bond donors (Lipinski definition) is 3. The summed E-state index contributed by atoms with van der Waals surface area (Å²) >= 11 is 0. The molecule has 1 unspecified atom stereocenters. The van der Waals surface area contributed by atoms with Crippen LogP contribution in [0.1, 0.15) is 17.5 Å². The SMILES string of the molecule is COc1cc(C)c(NC(=O)C(N)CC(=O)O)cc1C. The maximum Gasteiger partial charge on any atom is 0.305 e. The van der Waals surface area contributed by atoms with E-state index in [2.05, 4.69) is 5.32 Å². The van der Waals surface area contributed by atoms with E-state index in [0.717, 1.165) is 16.9 Å². The Hall–Kier alpha value is -2.08. The van der Waals surface area contributed by atoms with Crippen molar-refractivity contribution in [2.75, 3.05) is 12.4 Å². The molecule has 1 aromatic carbocycles. The molecule has 4 N–H and O–H groups in total.